The molecule has 0 heterocycles. The van der Waals surface area contributed by atoms with Gasteiger partial charge in [0.15, 0.2) is 0 Å². The summed E-state index contributed by atoms with van der Waals surface area (Å²) in [6, 6.07) is 11.3. The molecule has 2 aromatic carbocycles. The van der Waals surface area contributed by atoms with Crippen molar-refractivity contribution >= 4 is 29.3 Å². The second kappa shape index (κ2) is 9.61. The van der Waals surface area contributed by atoms with Crippen LogP contribution in [0.1, 0.15) is 54.5 Å². The first-order valence-corrected chi connectivity index (χ1v) is 11.0. The highest BCUT2D eigenvalue weighted by molar-refractivity contribution is 7.99. The van der Waals surface area contributed by atoms with Gasteiger partial charge in [0.25, 0.3) is 0 Å². The Bertz CT molecular complexity index is 791. The molecule has 0 saturated heterocycles. The van der Waals surface area contributed by atoms with Crippen LogP contribution in [0.25, 0.3) is 0 Å². The fraction of sp³-hybridized carbons (Fsp3) is 0.409. The van der Waals surface area contributed by atoms with Gasteiger partial charge in [0.1, 0.15) is 5.82 Å². The molecule has 2 aromatic rings. The highest BCUT2D eigenvalue weighted by Gasteiger charge is 2.16. The topological polar surface area (TPSA) is 29.1 Å². The maximum atomic E-state index is 13.8. The van der Waals surface area contributed by atoms with E-state index in [1.54, 1.807) is 12.1 Å². The highest BCUT2D eigenvalue weighted by atomic mass is 35.5. The van der Waals surface area contributed by atoms with E-state index in [1.807, 2.05) is 0 Å². The van der Waals surface area contributed by atoms with E-state index in [0.29, 0.717) is 16.3 Å². The van der Waals surface area contributed by atoms with Crippen LogP contribution in [0.3, 0.4) is 0 Å². The molecular formula is C22H25ClFNOS. The lowest BCUT2D eigenvalue weighted by Crippen LogP contribution is -2.29. The van der Waals surface area contributed by atoms with E-state index in [4.69, 9.17) is 11.6 Å². The number of fused-ring (bicyclic) bond motifs is 1. The predicted molar refractivity (Wildman–Crippen MR) is 112 cm³/mol. The number of carbonyl (C=O) groups is 1. The van der Waals surface area contributed by atoms with E-state index in [9.17, 15) is 9.18 Å². The van der Waals surface area contributed by atoms with Gasteiger partial charge in [-0.3, -0.25) is 4.79 Å². The predicted octanol–water partition coefficient (Wildman–Crippen LogP) is 5.86. The van der Waals surface area contributed by atoms with Gasteiger partial charge >= 0.3 is 0 Å². The van der Waals surface area contributed by atoms with Crippen LogP contribution in [0.5, 0.6) is 0 Å². The smallest absolute Gasteiger partial charge is 0.230 e. The van der Waals surface area contributed by atoms with Crippen LogP contribution in [0.15, 0.2) is 36.4 Å². The molecule has 3 rings (SSSR count). The summed E-state index contributed by atoms with van der Waals surface area (Å²) in [7, 11) is 0. The van der Waals surface area contributed by atoms with Crippen LogP contribution in [0, 0.1) is 5.82 Å². The fourth-order valence-electron chi connectivity index (χ4n) is 3.54. The SMILES string of the molecule is CC[C@@H](NC(=O)CSCc1c(F)cccc1Cl)c1ccc2c(c1)CCCC2. The second-order valence-corrected chi connectivity index (χ2v) is 8.35. The Labute approximate surface area is 169 Å². The molecule has 27 heavy (non-hydrogen) atoms. The maximum absolute atomic E-state index is 13.8. The third-order valence-corrected chi connectivity index (χ3v) is 6.37. The first-order valence-electron chi connectivity index (χ1n) is 9.50. The number of hydrogen-bond donors (Lipinski definition) is 1. The van der Waals surface area contributed by atoms with Gasteiger partial charge in [-0.2, -0.15) is 0 Å². The Balaban J connectivity index is 1.56. The summed E-state index contributed by atoms with van der Waals surface area (Å²) in [5, 5.41) is 3.52. The number of carbonyl (C=O) groups excluding carboxylic acids is 1. The van der Waals surface area contributed by atoms with E-state index < -0.39 is 0 Å². The van der Waals surface area contributed by atoms with E-state index >= 15 is 0 Å². The molecule has 0 saturated carbocycles. The summed E-state index contributed by atoms with van der Waals surface area (Å²) in [6.07, 6.45) is 5.65. The molecule has 1 aliphatic rings. The van der Waals surface area contributed by atoms with Crippen LogP contribution in [-0.2, 0) is 23.4 Å². The van der Waals surface area contributed by atoms with Gasteiger partial charge in [0.2, 0.25) is 5.91 Å². The Morgan fingerprint density at radius 3 is 2.74 bits per heavy atom. The first kappa shape index (κ1) is 20.2. The van der Waals surface area contributed by atoms with Gasteiger partial charge in [-0.15, -0.1) is 11.8 Å². The van der Waals surface area contributed by atoms with Crippen molar-refractivity contribution in [3.63, 3.8) is 0 Å². The molecule has 144 valence electrons. The standard InChI is InChI=1S/C22H25ClFNOS/c1-2-21(17-11-10-15-6-3-4-7-16(15)12-17)25-22(26)14-27-13-18-19(23)8-5-9-20(18)24/h5,8-12,21H,2-4,6-7,13-14H2,1H3,(H,25,26)/t21-/m1/s1. The van der Waals surface area contributed by atoms with Crippen LogP contribution >= 0.6 is 23.4 Å². The van der Waals surface area contributed by atoms with Gasteiger partial charge in [-0.25, -0.2) is 4.39 Å². The lowest BCUT2D eigenvalue weighted by molar-refractivity contribution is -0.119. The van der Waals surface area contributed by atoms with Crippen molar-refractivity contribution in [2.45, 2.75) is 50.8 Å². The summed E-state index contributed by atoms with van der Waals surface area (Å²) in [4.78, 5) is 12.4. The monoisotopic (exact) mass is 405 g/mol. The fourth-order valence-corrected chi connectivity index (χ4v) is 4.72. The minimum absolute atomic E-state index is 0.0161. The van der Waals surface area contributed by atoms with Gasteiger partial charge in [0, 0.05) is 16.3 Å². The molecule has 0 aromatic heterocycles. The molecule has 1 N–H and O–H groups in total. The molecule has 2 nitrogen and oxygen atoms in total. The number of amides is 1. The quantitative estimate of drug-likeness (QED) is 0.625. The van der Waals surface area contributed by atoms with Gasteiger partial charge < -0.3 is 5.32 Å². The number of benzene rings is 2. The highest BCUT2D eigenvalue weighted by Crippen LogP contribution is 2.27. The largest absolute Gasteiger partial charge is 0.349 e. The van der Waals surface area contributed by atoms with Crippen molar-refractivity contribution < 1.29 is 9.18 Å². The number of hydrogen-bond acceptors (Lipinski definition) is 2. The summed E-state index contributed by atoms with van der Waals surface area (Å²) < 4.78 is 13.8. The number of thioether (sulfide) groups is 1. The molecule has 1 amide bonds. The van der Waals surface area contributed by atoms with Crippen LogP contribution in [-0.4, -0.2) is 11.7 Å². The average Bonchev–Trinajstić information content (AvgIpc) is 2.68. The number of halogens is 2. The molecule has 0 fully saturated rings. The summed E-state index contributed by atoms with van der Waals surface area (Å²) in [5.41, 5.74) is 4.51. The lowest BCUT2D eigenvalue weighted by Gasteiger charge is -2.21. The summed E-state index contributed by atoms with van der Waals surface area (Å²) >= 11 is 7.41. The van der Waals surface area contributed by atoms with Crippen LogP contribution in [0.4, 0.5) is 4.39 Å². The van der Waals surface area contributed by atoms with Crippen LogP contribution < -0.4 is 5.32 Å². The Morgan fingerprint density at radius 2 is 2.00 bits per heavy atom. The lowest BCUT2D eigenvalue weighted by atomic mass is 9.89. The molecule has 0 spiro atoms. The van der Waals surface area contributed by atoms with Crippen molar-refractivity contribution in [3.05, 3.63) is 69.5 Å². The number of aryl methyl sites for hydroxylation is 2. The first-order chi connectivity index (χ1) is 13.1. The third-order valence-electron chi connectivity index (χ3n) is 5.06. The number of rotatable bonds is 7. The van der Waals surface area contributed by atoms with Crippen molar-refractivity contribution in [1.82, 2.24) is 5.32 Å². The molecule has 0 unspecified atom stereocenters. The summed E-state index contributed by atoms with van der Waals surface area (Å²) in [5.74, 6) is 0.314. The zero-order valence-corrected chi connectivity index (χ0v) is 17.1. The van der Waals surface area contributed by atoms with Crippen molar-refractivity contribution in [1.29, 1.82) is 0 Å². The number of nitrogens with one attached hydrogen (secondary N) is 1. The van der Waals surface area contributed by atoms with Gasteiger partial charge in [0.05, 0.1) is 11.8 Å². The molecular weight excluding hydrogens is 381 g/mol. The average molecular weight is 406 g/mol. The molecule has 0 radical (unpaired) electrons. The molecule has 0 aliphatic heterocycles. The zero-order chi connectivity index (χ0) is 19.2. The summed E-state index contributed by atoms with van der Waals surface area (Å²) in [6.45, 7) is 2.08. The normalized spacial score (nSPS) is 14.5. The van der Waals surface area contributed by atoms with E-state index in [1.165, 1.54) is 47.4 Å². The van der Waals surface area contributed by atoms with Crippen molar-refractivity contribution in [2.75, 3.05) is 5.75 Å². The van der Waals surface area contributed by atoms with E-state index in [-0.39, 0.29) is 23.5 Å². The molecule has 1 atom stereocenters. The van der Waals surface area contributed by atoms with E-state index in [0.717, 1.165) is 19.3 Å². The molecule has 1 aliphatic carbocycles. The van der Waals surface area contributed by atoms with E-state index in [2.05, 4.69) is 30.4 Å². The second-order valence-electron chi connectivity index (χ2n) is 6.96. The minimum Gasteiger partial charge on any atom is -0.349 e. The Morgan fingerprint density at radius 1 is 1.22 bits per heavy atom. The third kappa shape index (κ3) is 5.26. The van der Waals surface area contributed by atoms with Gasteiger partial charge in [-0.1, -0.05) is 42.8 Å². The van der Waals surface area contributed by atoms with Crippen molar-refractivity contribution in [3.8, 4) is 0 Å². The molecule has 0 bridgehead atoms. The van der Waals surface area contributed by atoms with Crippen LogP contribution in [0.2, 0.25) is 5.02 Å². The van der Waals surface area contributed by atoms with Crippen molar-refractivity contribution in [2.24, 2.45) is 0 Å². The Kier molecular flexibility index (Phi) is 7.20. The maximum Gasteiger partial charge on any atom is 0.230 e. The van der Waals surface area contributed by atoms with Gasteiger partial charge in [-0.05, 0) is 60.9 Å². The Hall–Kier alpha value is -1.52. The molecule has 5 heteroatoms. The zero-order valence-electron chi connectivity index (χ0n) is 15.6. The minimum atomic E-state index is -0.323.